The predicted molar refractivity (Wildman–Crippen MR) is 145 cm³/mol. The molecule has 0 spiro atoms. The molecule has 0 saturated heterocycles. The molecule has 0 aliphatic rings. The van der Waals surface area contributed by atoms with Crippen molar-refractivity contribution in [1.82, 2.24) is 4.98 Å². The molecule has 1 amide bonds. The van der Waals surface area contributed by atoms with Crippen LogP contribution in [0.2, 0.25) is 0 Å². The van der Waals surface area contributed by atoms with E-state index in [0.29, 0.717) is 28.1 Å². The third-order valence-electron chi connectivity index (χ3n) is 4.44. The molecular weight excluding hydrogens is 504 g/mol. The van der Waals surface area contributed by atoms with Crippen LogP contribution in [0.3, 0.4) is 0 Å². The van der Waals surface area contributed by atoms with Gasteiger partial charge in [0, 0.05) is 27.2 Å². The normalized spacial score (nSPS) is 10.3. The fraction of sp³-hybridized carbons (Fsp3) is 0.208. The van der Waals surface area contributed by atoms with E-state index in [4.69, 9.17) is 17.0 Å². The van der Waals surface area contributed by atoms with Crippen LogP contribution in [-0.4, -0.2) is 40.1 Å². The standard InChI is InChI=1S/C24H24N4O4S3/c1-3-32-22(31)12-19-13-35-24(27-19)28-21(30)14-34-20-6-4-5-18(11-20)26-23(33)25-17-9-7-16(8-10-17)15(2)29/h4-11,13H,3,12,14H2,1-2H3,(H2,25,26,33)(H,27,28,30). The number of ketones is 1. The monoisotopic (exact) mass is 528 g/mol. The van der Waals surface area contributed by atoms with Crippen molar-refractivity contribution in [3.05, 3.63) is 65.2 Å². The lowest BCUT2D eigenvalue weighted by Crippen LogP contribution is -2.19. The van der Waals surface area contributed by atoms with Gasteiger partial charge in [-0.05, 0) is 68.5 Å². The van der Waals surface area contributed by atoms with Gasteiger partial charge in [-0.3, -0.25) is 14.4 Å². The van der Waals surface area contributed by atoms with Crippen LogP contribution in [0.1, 0.15) is 29.9 Å². The second kappa shape index (κ2) is 13.0. The Kier molecular flexibility index (Phi) is 9.76. The van der Waals surface area contributed by atoms with Gasteiger partial charge in [-0.1, -0.05) is 6.07 Å². The van der Waals surface area contributed by atoms with E-state index in [1.54, 1.807) is 36.6 Å². The molecule has 0 unspecified atom stereocenters. The van der Waals surface area contributed by atoms with E-state index in [1.807, 2.05) is 24.3 Å². The lowest BCUT2D eigenvalue weighted by molar-refractivity contribution is -0.142. The molecule has 1 heterocycles. The molecule has 35 heavy (non-hydrogen) atoms. The van der Waals surface area contributed by atoms with Gasteiger partial charge in [-0.2, -0.15) is 0 Å². The number of aromatic nitrogens is 1. The van der Waals surface area contributed by atoms with Gasteiger partial charge in [0.15, 0.2) is 16.0 Å². The first-order chi connectivity index (χ1) is 16.8. The van der Waals surface area contributed by atoms with Crippen molar-refractivity contribution in [2.24, 2.45) is 0 Å². The van der Waals surface area contributed by atoms with Gasteiger partial charge in [-0.15, -0.1) is 23.1 Å². The number of thiocarbonyl (C=S) groups is 1. The van der Waals surface area contributed by atoms with E-state index >= 15 is 0 Å². The van der Waals surface area contributed by atoms with Gasteiger partial charge < -0.3 is 20.7 Å². The fourth-order valence-corrected chi connectivity index (χ4v) is 4.57. The Balaban J connectivity index is 1.47. The highest BCUT2D eigenvalue weighted by molar-refractivity contribution is 8.00. The second-order valence-electron chi connectivity index (χ2n) is 7.20. The molecule has 0 atom stereocenters. The number of nitrogens with zero attached hydrogens (tertiary/aromatic N) is 1. The second-order valence-corrected chi connectivity index (χ2v) is 9.52. The summed E-state index contributed by atoms with van der Waals surface area (Å²) in [6.45, 7) is 3.59. The smallest absolute Gasteiger partial charge is 0.311 e. The Morgan fingerprint density at radius 3 is 2.51 bits per heavy atom. The molecule has 3 N–H and O–H groups in total. The molecule has 0 radical (unpaired) electrons. The van der Waals surface area contributed by atoms with Gasteiger partial charge in [-0.25, -0.2) is 4.98 Å². The van der Waals surface area contributed by atoms with E-state index in [-0.39, 0.29) is 29.8 Å². The zero-order chi connectivity index (χ0) is 25.2. The molecule has 0 fully saturated rings. The molecule has 2 aromatic carbocycles. The summed E-state index contributed by atoms with van der Waals surface area (Å²) >= 11 is 8.01. The number of nitrogens with one attached hydrogen (secondary N) is 3. The molecule has 182 valence electrons. The first kappa shape index (κ1) is 26.3. The average molecular weight is 529 g/mol. The molecule has 0 aliphatic carbocycles. The number of thioether (sulfide) groups is 1. The number of carbonyl (C=O) groups excluding carboxylic acids is 3. The molecular formula is C24H24N4O4S3. The van der Waals surface area contributed by atoms with Crippen molar-refractivity contribution in [2.75, 3.05) is 28.3 Å². The number of amides is 1. The third kappa shape index (κ3) is 8.78. The molecule has 3 rings (SSSR count). The van der Waals surface area contributed by atoms with E-state index in [0.717, 1.165) is 16.3 Å². The molecule has 11 heteroatoms. The predicted octanol–water partition coefficient (Wildman–Crippen LogP) is 4.99. The molecule has 0 bridgehead atoms. The first-order valence-electron chi connectivity index (χ1n) is 10.6. The minimum absolute atomic E-state index is 0.00523. The summed E-state index contributed by atoms with van der Waals surface area (Å²) in [5.74, 6) is -0.343. The zero-order valence-electron chi connectivity index (χ0n) is 19.1. The van der Waals surface area contributed by atoms with Crippen molar-refractivity contribution in [1.29, 1.82) is 0 Å². The maximum atomic E-state index is 12.3. The van der Waals surface area contributed by atoms with Gasteiger partial charge in [0.2, 0.25) is 5.91 Å². The molecule has 8 nitrogen and oxygen atoms in total. The number of hydrogen-bond donors (Lipinski definition) is 3. The molecule has 0 saturated carbocycles. The summed E-state index contributed by atoms with van der Waals surface area (Å²) in [4.78, 5) is 40.4. The van der Waals surface area contributed by atoms with Crippen molar-refractivity contribution < 1.29 is 19.1 Å². The van der Waals surface area contributed by atoms with Crippen LogP contribution >= 0.6 is 35.3 Å². The Labute approximate surface area is 216 Å². The van der Waals surface area contributed by atoms with E-state index in [1.165, 1.54) is 30.0 Å². The Morgan fingerprint density at radius 1 is 1.06 bits per heavy atom. The summed E-state index contributed by atoms with van der Waals surface area (Å²) in [6, 6.07) is 14.6. The summed E-state index contributed by atoms with van der Waals surface area (Å²) in [5.41, 5.74) is 2.74. The van der Waals surface area contributed by atoms with Crippen LogP contribution in [-0.2, 0) is 20.7 Å². The van der Waals surface area contributed by atoms with Crippen LogP contribution in [0, 0.1) is 0 Å². The number of hydrogen-bond acceptors (Lipinski definition) is 8. The highest BCUT2D eigenvalue weighted by Crippen LogP contribution is 2.23. The maximum Gasteiger partial charge on any atom is 0.311 e. The lowest BCUT2D eigenvalue weighted by Gasteiger charge is -2.12. The van der Waals surface area contributed by atoms with Gasteiger partial charge in [0.05, 0.1) is 24.5 Å². The van der Waals surface area contributed by atoms with Crippen LogP contribution in [0.4, 0.5) is 16.5 Å². The number of ether oxygens (including phenoxy) is 1. The summed E-state index contributed by atoms with van der Waals surface area (Å²) < 4.78 is 4.91. The zero-order valence-corrected chi connectivity index (χ0v) is 21.6. The van der Waals surface area contributed by atoms with Crippen molar-refractivity contribution in [3.63, 3.8) is 0 Å². The molecule has 1 aromatic heterocycles. The van der Waals surface area contributed by atoms with Crippen molar-refractivity contribution >= 4 is 74.6 Å². The fourth-order valence-electron chi connectivity index (χ4n) is 2.86. The van der Waals surface area contributed by atoms with Gasteiger partial charge >= 0.3 is 5.97 Å². The van der Waals surface area contributed by atoms with E-state index < -0.39 is 0 Å². The number of Topliss-reactive ketones (excluding diaryl/α,β-unsaturated/α-hetero) is 1. The number of esters is 1. The van der Waals surface area contributed by atoms with E-state index in [9.17, 15) is 14.4 Å². The number of rotatable bonds is 10. The Bertz CT molecular complexity index is 1210. The summed E-state index contributed by atoms with van der Waals surface area (Å²) in [7, 11) is 0. The first-order valence-corrected chi connectivity index (χ1v) is 12.9. The third-order valence-corrected chi connectivity index (χ3v) is 6.44. The average Bonchev–Trinajstić information content (AvgIpc) is 3.24. The topological polar surface area (TPSA) is 109 Å². The SMILES string of the molecule is CCOC(=O)Cc1csc(NC(=O)CSc2cccc(NC(=S)Nc3ccc(C(C)=O)cc3)c2)n1. The molecule has 3 aromatic rings. The van der Waals surface area contributed by atoms with Crippen LogP contribution in [0.15, 0.2) is 58.8 Å². The minimum Gasteiger partial charge on any atom is -0.466 e. The Hall–Kier alpha value is -3.28. The summed E-state index contributed by atoms with van der Waals surface area (Å²) in [6.07, 6.45) is 0.0786. The van der Waals surface area contributed by atoms with E-state index in [2.05, 4.69) is 20.9 Å². The molecule has 0 aliphatic heterocycles. The highest BCUT2D eigenvalue weighted by atomic mass is 32.2. The maximum absolute atomic E-state index is 12.3. The minimum atomic E-state index is -0.347. The lowest BCUT2D eigenvalue weighted by atomic mass is 10.1. The number of carbonyl (C=O) groups is 3. The van der Waals surface area contributed by atoms with Crippen LogP contribution in [0.25, 0.3) is 0 Å². The number of anilines is 3. The summed E-state index contributed by atoms with van der Waals surface area (Å²) in [5, 5.41) is 11.5. The van der Waals surface area contributed by atoms with Crippen LogP contribution < -0.4 is 16.0 Å². The van der Waals surface area contributed by atoms with Gasteiger partial charge in [0.1, 0.15) is 0 Å². The number of benzene rings is 2. The quantitative estimate of drug-likeness (QED) is 0.145. The number of thiazole rings is 1. The highest BCUT2D eigenvalue weighted by Gasteiger charge is 2.11. The van der Waals surface area contributed by atoms with Crippen molar-refractivity contribution in [2.45, 2.75) is 25.2 Å². The Morgan fingerprint density at radius 2 is 1.80 bits per heavy atom. The van der Waals surface area contributed by atoms with Gasteiger partial charge in [0.25, 0.3) is 0 Å². The van der Waals surface area contributed by atoms with Crippen LogP contribution in [0.5, 0.6) is 0 Å². The largest absolute Gasteiger partial charge is 0.466 e. The van der Waals surface area contributed by atoms with Crippen molar-refractivity contribution in [3.8, 4) is 0 Å².